The van der Waals surface area contributed by atoms with Crippen LogP contribution in [0, 0.1) is 11.8 Å². The van der Waals surface area contributed by atoms with Gasteiger partial charge in [-0.25, -0.2) is 0 Å². The third-order valence-electron chi connectivity index (χ3n) is 8.86. The van der Waals surface area contributed by atoms with E-state index < -0.39 is 33.4 Å². The van der Waals surface area contributed by atoms with Crippen molar-refractivity contribution in [3.8, 4) is 0 Å². The second-order valence-electron chi connectivity index (χ2n) is 11.5. The maximum atomic E-state index is 14.4. The van der Waals surface area contributed by atoms with Crippen LogP contribution in [0.4, 0.5) is 0 Å². The summed E-state index contributed by atoms with van der Waals surface area (Å²) in [5, 5.41) is 16.8. The molecule has 7 nitrogen and oxygen atoms in total. The normalized spacial score (nSPS) is 30.6. The first-order valence-corrected chi connectivity index (χ1v) is 14.9. The molecule has 3 unspecified atom stereocenters. The molecule has 2 aromatic carbocycles. The third kappa shape index (κ3) is 4.76. The van der Waals surface area contributed by atoms with Gasteiger partial charge < -0.3 is 20.6 Å². The van der Waals surface area contributed by atoms with Gasteiger partial charge in [0.15, 0.2) is 0 Å². The van der Waals surface area contributed by atoms with Gasteiger partial charge in [0, 0.05) is 17.3 Å². The lowest BCUT2D eigenvalue weighted by Crippen LogP contribution is -2.56. The maximum Gasteiger partial charge on any atom is 0.244 e. The summed E-state index contributed by atoms with van der Waals surface area (Å²) in [6, 6.07) is 17.6. The smallest absolute Gasteiger partial charge is 0.244 e. The summed E-state index contributed by atoms with van der Waals surface area (Å²) in [5.74, 6) is -1.74. The first kappa shape index (κ1) is 27.7. The monoisotopic (exact) mass is 549 g/mol. The number of nitrogens with zero attached hydrogens (tertiary/aromatic N) is 1. The molecule has 39 heavy (non-hydrogen) atoms. The summed E-state index contributed by atoms with van der Waals surface area (Å²) in [5.41, 5.74) is 1.77. The molecule has 3 N–H and O–H groups in total. The number of nitrogens with one attached hydrogen (secondary N) is 2. The molecule has 2 aromatic rings. The molecule has 3 amide bonds. The van der Waals surface area contributed by atoms with Gasteiger partial charge in [0.2, 0.25) is 17.7 Å². The molecule has 8 heteroatoms. The number of carbonyl (C=O) groups excluding carboxylic acids is 3. The number of aliphatic hydroxyl groups excluding tert-OH is 1. The predicted molar refractivity (Wildman–Crippen MR) is 153 cm³/mol. The highest BCUT2D eigenvalue weighted by Gasteiger charge is 2.77. The largest absolute Gasteiger partial charge is 0.394 e. The summed E-state index contributed by atoms with van der Waals surface area (Å²) in [7, 11) is 0. The van der Waals surface area contributed by atoms with E-state index in [1.807, 2.05) is 67.6 Å². The Morgan fingerprint density at radius 1 is 1.08 bits per heavy atom. The lowest BCUT2D eigenvalue weighted by Gasteiger charge is -2.37. The Balaban J connectivity index is 1.52. The molecular weight excluding hydrogens is 510 g/mol. The number of hydrogen-bond donors (Lipinski definition) is 3. The fourth-order valence-corrected chi connectivity index (χ4v) is 9.49. The van der Waals surface area contributed by atoms with Crippen molar-refractivity contribution in [1.29, 1.82) is 0 Å². The van der Waals surface area contributed by atoms with E-state index in [-0.39, 0.29) is 30.4 Å². The van der Waals surface area contributed by atoms with E-state index in [0.29, 0.717) is 13.0 Å². The standard InChI is InChI=1S/C31H39N3O4S/c1-4-11-20(2)33-28(37)26-31-17-16-30(3,39-31)24(27(36)32-18-21-12-7-5-8-13-21)25(31)29(38)34(26)23(19-35)22-14-9-6-10-15-22/h5-10,12-15,20,23-26,35H,4,11,16-19H2,1-3H3,(H,32,36)(H,33,37)/t20?,23-,24+,25+,26?,30-,31?/m1/s1. The molecule has 2 bridgehead atoms. The molecule has 5 rings (SSSR count). The summed E-state index contributed by atoms with van der Waals surface area (Å²) < 4.78 is -1.17. The summed E-state index contributed by atoms with van der Waals surface area (Å²) >= 11 is 1.65. The van der Waals surface area contributed by atoms with Crippen LogP contribution >= 0.6 is 11.8 Å². The topological polar surface area (TPSA) is 98.7 Å². The Bertz CT molecular complexity index is 1210. The van der Waals surface area contributed by atoms with Crippen LogP contribution in [0.3, 0.4) is 0 Å². The number of fused-ring (bicyclic) bond motifs is 1. The van der Waals surface area contributed by atoms with Gasteiger partial charge in [0.25, 0.3) is 0 Å². The number of likely N-dealkylation sites (tertiary alicyclic amines) is 1. The molecular formula is C31H39N3O4S. The minimum atomic E-state index is -0.773. The van der Waals surface area contributed by atoms with E-state index in [4.69, 9.17) is 0 Å². The van der Waals surface area contributed by atoms with Gasteiger partial charge in [-0.1, -0.05) is 74.0 Å². The van der Waals surface area contributed by atoms with E-state index >= 15 is 0 Å². The molecule has 0 saturated carbocycles. The number of amides is 3. The van der Waals surface area contributed by atoms with Crippen LogP contribution in [0.1, 0.15) is 63.6 Å². The van der Waals surface area contributed by atoms with Crippen molar-refractivity contribution in [1.82, 2.24) is 15.5 Å². The fourth-order valence-electron chi connectivity index (χ4n) is 7.15. The van der Waals surface area contributed by atoms with Crippen LogP contribution in [-0.2, 0) is 20.9 Å². The highest BCUT2D eigenvalue weighted by Crippen LogP contribution is 2.72. The number of thioether (sulfide) groups is 1. The Hall–Kier alpha value is -2.84. The Morgan fingerprint density at radius 3 is 2.38 bits per heavy atom. The number of rotatable bonds is 10. The van der Waals surface area contributed by atoms with E-state index in [2.05, 4.69) is 24.5 Å². The molecule has 0 radical (unpaired) electrons. The average molecular weight is 550 g/mol. The number of benzene rings is 2. The van der Waals surface area contributed by atoms with Crippen LogP contribution in [0.5, 0.6) is 0 Å². The maximum absolute atomic E-state index is 14.4. The highest BCUT2D eigenvalue weighted by molar-refractivity contribution is 8.02. The molecule has 0 aromatic heterocycles. The van der Waals surface area contributed by atoms with E-state index in [1.165, 1.54) is 0 Å². The van der Waals surface area contributed by atoms with Crippen LogP contribution in [0.25, 0.3) is 0 Å². The zero-order valence-corrected chi connectivity index (χ0v) is 23.7. The van der Waals surface area contributed by atoms with Gasteiger partial charge >= 0.3 is 0 Å². The summed E-state index contributed by atoms with van der Waals surface area (Å²) in [6.07, 6.45) is 3.20. The Kier molecular flexibility index (Phi) is 7.80. The second kappa shape index (κ2) is 11.0. The van der Waals surface area contributed by atoms with Crippen LogP contribution in [0.15, 0.2) is 60.7 Å². The zero-order valence-electron chi connectivity index (χ0n) is 22.9. The molecule has 7 atom stereocenters. The van der Waals surface area contributed by atoms with E-state index in [1.54, 1.807) is 16.7 Å². The highest BCUT2D eigenvalue weighted by atomic mass is 32.2. The zero-order chi connectivity index (χ0) is 27.8. The number of aliphatic hydroxyl groups is 1. The van der Waals surface area contributed by atoms with Gasteiger partial charge in [-0.05, 0) is 44.2 Å². The molecule has 3 aliphatic heterocycles. The predicted octanol–water partition coefficient (Wildman–Crippen LogP) is 3.82. The molecule has 3 heterocycles. The van der Waals surface area contributed by atoms with Crippen LogP contribution < -0.4 is 10.6 Å². The van der Waals surface area contributed by atoms with Gasteiger partial charge in [-0.15, -0.1) is 11.8 Å². The molecule has 3 saturated heterocycles. The minimum Gasteiger partial charge on any atom is -0.394 e. The van der Waals surface area contributed by atoms with Crippen LogP contribution in [-0.4, -0.2) is 55.9 Å². The van der Waals surface area contributed by atoms with Crippen molar-refractivity contribution in [2.24, 2.45) is 11.8 Å². The minimum absolute atomic E-state index is 0.0386. The van der Waals surface area contributed by atoms with Crippen molar-refractivity contribution < 1.29 is 19.5 Å². The van der Waals surface area contributed by atoms with Crippen molar-refractivity contribution in [2.45, 2.75) is 80.6 Å². The molecule has 0 aliphatic carbocycles. The van der Waals surface area contributed by atoms with Crippen molar-refractivity contribution in [2.75, 3.05) is 6.61 Å². The number of carbonyl (C=O) groups is 3. The van der Waals surface area contributed by atoms with Crippen molar-refractivity contribution in [3.63, 3.8) is 0 Å². The summed E-state index contributed by atoms with van der Waals surface area (Å²) in [4.78, 5) is 43.9. The summed E-state index contributed by atoms with van der Waals surface area (Å²) in [6.45, 7) is 6.22. The molecule has 1 spiro atoms. The lowest BCUT2D eigenvalue weighted by molar-refractivity contribution is -0.143. The fraction of sp³-hybridized carbons (Fsp3) is 0.516. The van der Waals surface area contributed by atoms with Gasteiger partial charge in [-0.3, -0.25) is 14.4 Å². The van der Waals surface area contributed by atoms with Gasteiger partial charge in [-0.2, -0.15) is 0 Å². The first-order chi connectivity index (χ1) is 18.8. The van der Waals surface area contributed by atoms with E-state index in [0.717, 1.165) is 30.4 Å². The molecule has 3 aliphatic rings. The first-order valence-electron chi connectivity index (χ1n) is 14.1. The Labute approximate surface area is 235 Å². The average Bonchev–Trinajstić information content (AvgIpc) is 3.50. The number of hydrogen-bond acceptors (Lipinski definition) is 5. The SMILES string of the molecule is CCCC(C)NC(=O)C1N([C@H](CO)c2ccccc2)C(=O)[C@@H]2[C@@H](C(=O)NCc3ccccc3)[C@@]3(C)CCC12S3. The van der Waals surface area contributed by atoms with Gasteiger partial charge in [0.1, 0.15) is 6.04 Å². The van der Waals surface area contributed by atoms with Gasteiger partial charge in [0.05, 0.1) is 29.2 Å². The second-order valence-corrected chi connectivity index (χ2v) is 13.4. The quantitative estimate of drug-likeness (QED) is 0.419. The molecule has 208 valence electrons. The lowest BCUT2D eigenvalue weighted by atomic mass is 9.66. The third-order valence-corrected chi connectivity index (χ3v) is 10.8. The van der Waals surface area contributed by atoms with Crippen molar-refractivity contribution in [3.05, 3.63) is 71.8 Å². The van der Waals surface area contributed by atoms with E-state index in [9.17, 15) is 19.5 Å². The Morgan fingerprint density at radius 2 is 1.74 bits per heavy atom. The molecule has 3 fully saturated rings. The van der Waals surface area contributed by atoms with Crippen LogP contribution in [0.2, 0.25) is 0 Å². The van der Waals surface area contributed by atoms with Crippen molar-refractivity contribution >= 4 is 29.5 Å².